The van der Waals surface area contributed by atoms with Gasteiger partial charge >= 0.3 is 0 Å². The molecular formula is C19H33N. The molecular weight excluding hydrogens is 242 g/mol. The van der Waals surface area contributed by atoms with E-state index in [1.165, 1.54) is 44.9 Å². The molecule has 5 atom stereocenters. The molecule has 0 radical (unpaired) electrons. The number of nitrogens with one attached hydrogen (secondary N) is 1. The van der Waals surface area contributed by atoms with E-state index in [2.05, 4.69) is 50.4 Å². The molecule has 0 amide bonds. The summed E-state index contributed by atoms with van der Waals surface area (Å²) in [6.07, 6.45) is 18.8. The van der Waals surface area contributed by atoms with Gasteiger partial charge in [0, 0.05) is 12.1 Å². The van der Waals surface area contributed by atoms with Crippen LogP contribution < -0.4 is 5.32 Å². The van der Waals surface area contributed by atoms with Gasteiger partial charge < -0.3 is 5.32 Å². The molecule has 1 saturated carbocycles. The topological polar surface area (TPSA) is 12.0 Å². The number of fused-ring (bicyclic) bond motifs is 1. The van der Waals surface area contributed by atoms with E-state index in [0.29, 0.717) is 6.04 Å². The molecule has 1 nitrogen and oxygen atoms in total. The van der Waals surface area contributed by atoms with Crippen molar-refractivity contribution in [3.63, 3.8) is 0 Å². The van der Waals surface area contributed by atoms with Gasteiger partial charge in [0.05, 0.1) is 0 Å². The second-order valence-electron chi connectivity index (χ2n) is 6.99. The van der Waals surface area contributed by atoms with Gasteiger partial charge in [-0.25, -0.2) is 0 Å². The Morgan fingerprint density at radius 3 is 2.80 bits per heavy atom. The first-order valence-electron chi connectivity index (χ1n) is 8.81. The standard InChI is InChI=1S/C19H33N/c1-4-5-6-7-8-9-11-17-12-10-13-19-18(17)14-15(2)16(3)20-19/h7-9,11,15-20H,4-6,10,12-14H2,1-3H3/b8-7+,11-9+/t15-,16-,17+,18-,19+/m0/s1. The second-order valence-corrected chi connectivity index (χ2v) is 6.99. The molecule has 1 aliphatic carbocycles. The van der Waals surface area contributed by atoms with Gasteiger partial charge in [-0.15, -0.1) is 0 Å². The van der Waals surface area contributed by atoms with Gasteiger partial charge in [0.2, 0.25) is 0 Å². The summed E-state index contributed by atoms with van der Waals surface area (Å²) >= 11 is 0. The van der Waals surface area contributed by atoms with Crippen LogP contribution >= 0.6 is 0 Å². The Bertz CT molecular complexity index is 331. The molecule has 1 saturated heterocycles. The minimum Gasteiger partial charge on any atom is -0.311 e. The summed E-state index contributed by atoms with van der Waals surface area (Å²) in [5.74, 6) is 2.49. The van der Waals surface area contributed by atoms with Gasteiger partial charge in [-0.05, 0) is 50.4 Å². The van der Waals surface area contributed by atoms with Gasteiger partial charge in [-0.2, -0.15) is 0 Å². The van der Waals surface area contributed by atoms with E-state index >= 15 is 0 Å². The average Bonchev–Trinajstić information content (AvgIpc) is 2.44. The average molecular weight is 275 g/mol. The van der Waals surface area contributed by atoms with Crippen LogP contribution in [0.3, 0.4) is 0 Å². The van der Waals surface area contributed by atoms with E-state index in [9.17, 15) is 0 Å². The van der Waals surface area contributed by atoms with Gasteiger partial charge in [0.1, 0.15) is 0 Å². The fourth-order valence-electron chi connectivity index (χ4n) is 3.92. The quantitative estimate of drug-likeness (QED) is 0.544. The number of hydrogen-bond donors (Lipinski definition) is 1. The second kappa shape index (κ2) is 8.02. The highest BCUT2D eigenvalue weighted by Crippen LogP contribution is 2.39. The van der Waals surface area contributed by atoms with Crippen LogP contribution in [0.1, 0.15) is 65.7 Å². The molecule has 1 heterocycles. The molecule has 0 aromatic rings. The normalized spacial score (nSPS) is 38.5. The first-order valence-corrected chi connectivity index (χ1v) is 8.81. The van der Waals surface area contributed by atoms with Crippen LogP contribution in [0.4, 0.5) is 0 Å². The third kappa shape index (κ3) is 4.22. The lowest BCUT2D eigenvalue weighted by molar-refractivity contribution is 0.108. The summed E-state index contributed by atoms with van der Waals surface area (Å²) in [6, 6.07) is 1.47. The molecule has 0 unspecified atom stereocenters. The smallest absolute Gasteiger partial charge is 0.0104 e. The zero-order valence-electron chi connectivity index (χ0n) is 13.6. The predicted molar refractivity (Wildman–Crippen MR) is 88.8 cm³/mol. The molecule has 1 heteroatoms. The summed E-state index contributed by atoms with van der Waals surface area (Å²) in [4.78, 5) is 0. The van der Waals surface area contributed by atoms with Crippen LogP contribution in [0, 0.1) is 17.8 Å². The monoisotopic (exact) mass is 275 g/mol. The third-order valence-corrected chi connectivity index (χ3v) is 5.42. The van der Waals surface area contributed by atoms with E-state index in [-0.39, 0.29) is 0 Å². The molecule has 1 N–H and O–H groups in total. The Kier molecular flexibility index (Phi) is 6.35. The van der Waals surface area contributed by atoms with E-state index in [0.717, 1.165) is 23.8 Å². The fourth-order valence-corrected chi connectivity index (χ4v) is 3.92. The van der Waals surface area contributed by atoms with E-state index in [1.807, 2.05) is 0 Å². The minimum absolute atomic E-state index is 0.702. The zero-order valence-corrected chi connectivity index (χ0v) is 13.6. The predicted octanol–water partition coefficient (Wildman–Crippen LogP) is 5.09. The maximum atomic E-state index is 3.86. The highest BCUT2D eigenvalue weighted by molar-refractivity contribution is 5.08. The molecule has 2 aliphatic rings. The van der Waals surface area contributed by atoms with Crippen molar-refractivity contribution in [2.45, 2.75) is 77.8 Å². The summed E-state index contributed by atoms with van der Waals surface area (Å²) in [5.41, 5.74) is 0. The van der Waals surface area contributed by atoms with Crippen molar-refractivity contribution in [1.82, 2.24) is 5.32 Å². The van der Waals surface area contributed by atoms with Crippen molar-refractivity contribution >= 4 is 0 Å². The Hall–Kier alpha value is -0.560. The van der Waals surface area contributed by atoms with Crippen molar-refractivity contribution in [2.24, 2.45) is 17.8 Å². The van der Waals surface area contributed by atoms with Crippen LogP contribution in [0.25, 0.3) is 0 Å². The first kappa shape index (κ1) is 15.8. The molecule has 0 aromatic carbocycles. The lowest BCUT2D eigenvalue weighted by Gasteiger charge is -2.46. The minimum atomic E-state index is 0.702. The zero-order chi connectivity index (χ0) is 14.4. The van der Waals surface area contributed by atoms with Crippen molar-refractivity contribution < 1.29 is 0 Å². The molecule has 114 valence electrons. The van der Waals surface area contributed by atoms with Crippen LogP contribution in [-0.4, -0.2) is 12.1 Å². The van der Waals surface area contributed by atoms with E-state index in [1.54, 1.807) is 0 Å². The van der Waals surface area contributed by atoms with Crippen molar-refractivity contribution in [2.75, 3.05) is 0 Å². The maximum Gasteiger partial charge on any atom is 0.0104 e. The van der Waals surface area contributed by atoms with Crippen molar-refractivity contribution in [3.8, 4) is 0 Å². The van der Waals surface area contributed by atoms with Gasteiger partial charge in [0.25, 0.3) is 0 Å². The molecule has 2 fully saturated rings. The highest BCUT2D eigenvalue weighted by atomic mass is 15.0. The molecule has 0 bridgehead atoms. The highest BCUT2D eigenvalue weighted by Gasteiger charge is 2.38. The van der Waals surface area contributed by atoms with Crippen molar-refractivity contribution in [1.29, 1.82) is 0 Å². The lowest BCUT2D eigenvalue weighted by Crippen LogP contribution is -2.53. The van der Waals surface area contributed by atoms with Crippen LogP contribution in [0.5, 0.6) is 0 Å². The Labute approximate surface area is 125 Å². The number of rotatable bonds is 5. The third-order valence-electron chi connectivity index (χ3n) is 5.42. The number of piperidine rings is 1. The summed E-state index contributed by atoms with van der Waals surface area (Å²) < 4.78 is 0. The molecule has 0 aromatic heterocycles. The number of hydrogen-bond acceptors (Lipinski definition) is 1. The lowest BCUT2D eigenvalue weighted by atomic mass is 9.68. The van der Waals surface area contributed by atoms with Crippen LogP contribution in [0.2, 0.25) is 0 Å². The summed E-state index contributed by atoms with van der Waals surface area (Å²) in [7, 11) is 0. The summed E-state index contributed by atoms with van der Waals surface area (Å²) in [5, 5.41) is 3.86. The Morgan fingerprint density at radius 2 is 2.00 bits per heavy atom. The number of unbranched alkanes of at least 4 members (excludes halogenated alkanes) is 2. The van der Waals surface area contributed by atoms with Gasteiger partial charge in [-0.1, -0.05) is 57.4 Å². The summed E-state index contributed by atoms with van der Waals surface area (Å²) in [6.45, 7) is 7.02. The number of allylic oxidation sites excluding steroid dienone is 4. The van der Waals surface area contributed by atoms with E-state index in [4.69, 9.17) is 0 Å². The molecule has 2 rings (SSSR count). The van der Waals surface area contributed by atoms with E-state index < -0.39 is 0 Å². The maximum absolute atomic E-state index is 3.86. The van der Waals surface area contributed by atoms with Crippen LogP contribution in [-0.2, 0) is 0 Å². The molecule has 1 aliphatic heterocycles. The van der Waals surface area contributed by atoms with Crippen LogP contribution in [0.15, 0.2) is 24.3 Å². The SMILES string of the molecule is CCCC/C=C/C=C/[C@@H]1CCC[C@H]2N[C@@H](C)[C@@H](C)C[C@@H]12. The Morgan fingerprint density at radius 1 is 1.15 bits per heavy atom. The largest absolute Gasteiger partial charge is 0.311 e. The molecule has 20 heavy (non-hydrogen) atoms. The first-order chi connectivity index (χ1) is 9.72. The fraction of sp³-hybridized carbons (Fsp3) is 0.789. The molecule has 0 spiro atoms. The van der Waals surface area contributed by atoms with Gasteiger partial charge in [-0.3, -0.25) is 0 Å². The Balaban J connectivity index is 1.87. The van der Waals surface area contributed by atoms with Gasteiger partial charge in [0.15, 0.2) is 0 Å². The van der Waals surface area contributed by atoms with Crippen molar-refractivity contribution in [3.05, 3.63) is 24.3 Å².